The Morgan fingerprint density at radius 1 is 1.13 bits per heavy atom. The second kappa shape index (κ2) is 6.26. The maximum atomic E-state index is 4.78. The van der Waals surface area contributed by atoms with E-state index in [2.05, 4.69) is 66.2 Å². The highest BCUT2D eigenvalue weighted by Crippen LogP contribution is 2.31. The van der Waals surface area contributed by atoms with Crippen molar-refractivity contribution in [1.82, 2.24) is 10.3 Å². The topological polar surface area (TPSA) is 24.9 Å². The second-order valence-corrected chi connectivity index (χ2v) is 7.04. The second-order valence-electron chi connectivity index (χ2n) is 6.18. The summed E-state index contributed by atoms with van der Waals surface area (Å²) in [7, 11) is 0. The normalized spacial score (nSPS) is 16.5. The molecule has 0 saturated heterocycles. The van der Waals surface area contributed by atoms with Crippen LogP contribution in [0.25, 0.3) is 10.6 Å². The minimum Gasteiger partial charge on any atom is -0.304 e. The van der Waals surface area contributed by atoms with E-state index < -0.39 is 0 Å². The maximum absolute atomic E-state index is 4.78. The van der Waals surface area contributed by atoms with Crippen LogP contribution in [0.1, 0.15) is 34.8 Å². The number of rotatable bonds is 4. The molecule has 1 aliphatic carbocycles. The predicted octanol–water partition coefficient (Wildman–Crippen LogP) is 4.90. The number of hydrogen-bond acceptors (Lipinski definition) is 3. The van der Waals surface area contributed by atoms with Gasteiger partial charge in [0, 0.05) is 23.5 Å². The minimum absolute atomic E-state index is 0.468. The molecule has 2 nitrogen and oxygen atoms in total. The van der Waals surface area contributed by atoms with Crippen molar-refractivity contribution in [3.05, 3.63) is 76.3 Å². The van der Waals surface area contributed by atoms with Crippen LogP contribution in [0, 0.1) is 6.92 Å². The molecular weight excluding hydrogens is 300 g/mol. The van der Waals surface area contributed by atoms with Crippen LogP contribution in [0.3, 0.4) is 0 Å². The van der Waals surface area contributed by atoms with Crippen LogP contribution >= 0.6 is 11.3 Å². The van der Waals surface area contributed by atoms with E-state index in [1.165, 1.54) is 35.1 Å². The zero-order chi connectivity index (χ0) is 15.6. The van der Waals surface area contributed by atoms with Gasteiger partial charge in [-0.3, -0.25) is 0 Å². The van der Waals surface area contributed by atoms with E-state index in [9.17, 15) is 0 Å². The van der Waals surface area contributed by atoms with Gasteiger partial charge in [-0.25, -0.2) is 4.98 Å². The number of thiazole rings is 1. The molecule has 1 heterocycles. The van der Waals surface area contributed by atoms with Gasteiger partial charge >= 0.3 is 0 Å². The molecular formula is C20H20N2S. The smallest absolute Gasteiger partial charge is 0.123 e. The van der Waals surface area contributed by atoms with Crippen molar-refractivity contribution >= 4 is 11.3 Å². The lowest BCUT2D eigenvalue weighted by molar-refractivity contribution is 0.526. The molecule has 0 fully saturated rings. The Balaban J connectivity index is 1.44. The molecule has 1 aliphatic rings. The Morgan fingerprint density at radius 2 is 1.96 bits per heavy atom. The number of benzene rings is 2. The summed E-state index contributed by atoms with van der Waals surface area (Å²) in [5, 5.41) is 6.95. The summed E-state index contributed by atoms with van der Waals surface area (Å²) < 4.78 is 0. The molecule has 0 aliphatic heterocycles. The molecule has 1 aromatic heterocycles. The molecule has 0 spiro atoms. The SMILES string of the molecule is Cc1ccc(-c2nc(CNC3CCc4ccccc43)cs2)cc1. The molecule has 0 amide bonds. The Bertz CT molecular complexity index is 805. The number of nitrogens with one attached hydrogen (secondary N) is 1. The van der Waals surface area contributed by atoms with Gasteiger partial charge in [-0.05, 0) is 30.9 Å². The molecule has 4 rings (SSSR count). The molecule has 0 radical (unpaired) electrons. The monoisotopic (exact) mass is 320 g/mol. The standard InChI is InChI=1S/C20H20N2S/c1-14-6-8-16(9-7-14)20-22-17(13-23-20)12-21-19-11-10-15-4-2-3-5-18(15)19/h2-9,13,19,21H,10-12H2,1H3. The third kappa shape index (κ3) is 3.07. The molecule has 23 heavy (non-hydrogen) atoms. The van der Waals surface area contributed by atoms with Gasteiger partial charge in [-0.1, -0.05) is 54.1 Å². The van der Waals surface area contributed by atoms with Crippen molar-refractivity contribution in [3.63, 3.8) is 0 Å². The number of fused-ring (bicyclic) bond motifs is 1. The average molecular weight is 320 g/mol. The van der Waals surface area contributed by atoms with E-state index in [0.717, 1.165) is 17.2 Å². The van der Waals surface area contributed by atoms with Crippen LogP contribution in [0.5, 0.6) is 0 Å². The van der Waals surface area contributed by atoms with E-state index in [-0.39, 0.29) is 0 Å². The van der Waals surface area contributed by atoms with Crippen LogP contribution in [0.2, 0.25) is 0 Å². The summed E-state index contributed by atoms with van der Waals surface area (Å²) in [6, 6.07) is 17.8. The first-order valence-corrected chi connectivity index (χ1v) is 9.00. The van der Waals surface area contributed by atoms with Gasteiger partial charge in [0.1, 0.15) is 5.01 Å². The van der Waals surface area contributed by atoms with E-state index >= 15 is 0 Å². The van der Waals surface area contributed by atoms with E-state index in [1.807, 2.05) is 0 Å². The first-order valence-electron chi connectivity index (χ1n) is 8.12. The summed E-state index contributed by atoms with van der Waals surface area (Å²) in [4.78, 5) is 4.78. The fourth-order valence-electron chi connectivity index (χ4n) is 3.21. The van der Waals surface area contributed by atoms with Gasteiger partial charge in [0.2, 0.25) is 0 Å². The summed E-state index contributed by atoms with van der Waals surface area (Å²) >= 11 is 1.73. The molecule has 3 aromatic rings. The highest BCUT2D eigenvalue weighted by Gasteiger charge is 2.21. The quantitative estimate of drug-likeness (QED) is 0.740. The fourth-order valence-corrected chi connectivity index (χ4v) is 4.04. The molecule has 2 aromatic carbocycles. The lowest BCUT2D eigenvalue weighted by Crippen LogP contribution is -2.18. The van der Waals surface area contributed by atoms with Crippen molar-refractivity contribution in [2.45, 2.75) is 32.4 Å². The lowest BCUT2D eigenvalue weighted by atomic mass is 10.1. The molecule has 1 N–H and O–H groups in total. The summed E-state index contributed by atoms with van der Waals surface area (Å²) in [5.41, 5.74) is 6.57. The zero-order valence-corrected chi connectivity index (χ0v) is 14.1. The largest absolute Gasteiger partial charge is 0.304 e. The molecule has 1 unspecified atom stereocenters. The fraction of sp³-hybridized carbons (Fsp3) is 0.250. The highest BCUT2D eigenvalue weighted by atomic mass is 32.1. The van der Waals surface area contributed by atoms with Crippen LogP contribution in [0.15, 0.2) is 53.9 Å². The molecule has 0 saturated carbocycles. The van der Waals surface area contributed by atoms with Crippen molar-refractivity contribution in [3.8, 4) is 10.6 Å². The minimum atomic E-state index is 0.468. The van der Waals surface area contributed by atoms with Gasteiger partial charge in [-0.2, -0.15) is 0 Å². The number of nitrogens with zero attached hydrogens (tertiary/aromatic N) is 1. The number of aromatic nitrogens is 1. The summed E-state index contributed by atoms with van der Waals surface area (Å²) in [6.45, 7) is 2.95. The van der Waals surface area contributed by atoms with Crippen LogP contribution in [-0.2, 0) is 13.0 Å². The van der Waals surface area contributed by atoms with Gasteiger partial charge in [-0.15, -0.1) is 11.3 Å². The predicted molar refractivity (Wildman–Crippen MR) is 96.6 cm³/mol. The Morgan fingerprint density at radius 3 is 2.83 bits per heavy atom. The van der Waals surface area contributed by atoms with Crippen molar-refractivity contribution in [1.29, 1.82) is 0 Å². The number of aryl methyl sites for hydroxylation is 2. The van der Waals surface area contributed by atoms with Crippen LogP contribution < -0.4 is 5.32 Å². The molecule has 1 atom stereocenters. The number of hydrogen-bond donors (Lipinski definition) is 1. The summed E-state index contributed by atoms with van der Waals surface area (Å²) in [6.07, 6.45) is 2.37. The highest BCUT2D eigenvalue weighted by molar-refractivity contribution is 7.13. The Kier molecular flexibility index (Phi) is 3.98. The van der Waals surface area contributed by atoms with Gasteiger partial charge in [0.25, 0.3) is 0 Å². The Labute approximate surface area is 141 Å². The van der Waals surface area contributed by atoms with Gasteiger partial charge < -0.3 is 5.32 Å². The van der Waals surface area contributed by atoms with E-state index in [4.69, 9.17) is 4.98 Å². The first kappa shape index (κ1) is 14.6. The molecule has 3 heteroatoms. The van der Waals surface area contributed by atoms with E-state index in [0.29, 0.717) is 6.04 Å². The van der Waals surface area contributed by atoms with Crippen molar-refractivity contribution in [2.75, 3.05) is 0 Å². The van der Waals surface area contributed by atoms with Gasteiger partial charge in [0.15, 0.2) is 0 Å². The third-order valence-electron chi connectivity index (χ3n) is 4.51. The van der Waals surface area contributed by atoms with Crippen LogP contribution in [-0.4, -0.2) is 4.98 Å². The van der Waals surface area contributed by atoms with Gasteiger partial charge in [0.05, 0.1) is 5.69 Å². The lowest BCUT2D eigenvalue weighted by Gasteiger charge is -2.12. The maximum Gasteiger partial charge on any atom is 0.123 e. The third-order valence-corrected chi connectivity index (χ3v) is 5.45. The van der Waals surface area contributed by atoms with Crippen molar-refractivity contribution < 1.29 is 0 Å². The van der Waals surface area contributed by atoms with E-state index in [1.54, 1.807) is 11.3 Å². The molecule has 0 bridgehead atoms. The van der Waals surface area contributed by atoms with Crippen LogP contribution in [0.4, 0.5) is 0 Å². The Hall–Kier alpha value is -1.97. The average Bonchev–Trinajstić information content (AvgIpc) is 3.20. The molecule has 116 valence electrons. The first-order chi connectivity index (χ1) is 11.3. The zero-order valence-electron chi connectivity index (χ0n) is 13.3. The summed E-state index contributed by atoms with van der Waals surface area (Å²) in [5.74, 6) is 0. The van der Waals surface area contributed by atoms with Crippen molar-refractivity contribution in [2.24, 2.45) is 0 Å².